The van der Waals surface area contributed by atoms with Crippen LogP contribution < -0.4 is 10.9 Å². The lowest BCUT2D eigenvalue weighted by Gasteiger charge is -2.11. The lowest BCUT2D eigenvalue weighted by Crippen LogP contribution is -2.29. The van der Waals surface area contributed by atoms with Crippen LogP contribution >= 0.6 is 0 Å². The first kappa shape index (κ1) is 16.8. The van der Waals surface area contributed by atoms with E-state index in [1.807, 2.05) is 18.2 Å². The Labute approximate surface area is 145 Å². The number of amides is 1. The topological polar surface area (TPSA) is 76.9 Å². The van der Waals surface area contributed by atoms with Crippen molar-refractivity contribution in [2.75, 3.05) is 7.05 Å². The lowest BCUT2D eigenvalue weighted by molar-refractivity contribution is 0.0957. The fourth-order valence-corrected chi connectivity index (χ4v) is 2.69. The highest BCUT2D eigenvalue weighted by Crippen LogP contribution is 2.15. The van der Waals surface area contributed by atoms with Gasteiger partial charge in [-0.05, 0) is 24.1 Å². The Morgan fingerprint density at radius 2 is 1.84 bits per heavy atom. The molecule has 0 aliphatic carbocycles. The van der Waals surface area contributed by atoms with Crippen LogP contribution in [0.2, 0.25) is 0 Å². The first-order valence-corrected chi connectivity index (χ1v) is 8.19. The van der Waals surface area contributed by atoms with Gasteiger partial charge in [0.15, 0.2) is 5.69 Å². The smallest absolute Gasteiger partial charge is 0.275 e. The maximum Gasteiger partial charge on any atom is 0.275 e. The number of rotatable bonds is 4. The normalized spacial score (nSPS) is 11.0. The van der Waals surface area contributed by atoms with Gasteiger partial charge in [0.05, 0.1) is 17.6 Å². The van der Waals surface area contributed by atoms with Gasteiger partial charge in [-0.3, -0.25) is 14.6 Å². The Kier molecular flexibility index (Phi) is 4.61. The molecule has 0 fully saturated rings. The van der Waals surface area contributed by atoms with Crippen molar-refractivity contribution in [2.24, 2.45) is 0 Å². The predicted octanol–water partition coefficient (Wildman–Crippen LogP) is 2.32. The third-order valence-corrected chi connectivity index (χ3v) is 4.04. The zero-order chi connectivity index (χ0) is 18.0. The van der Waals surface area contributed by atoms with Gasteiger partial charge in [-0.2, -0.15) is 5.10 Å². The number of aromatic nitrogens is 3. The fourth-order valence-electron chi connectivity index (χ4n) is 2.69. The number of benzene rings is 1. The molecule has 0 saturated carbocycles. The molecule has 0 bridgehead atoms. The summed E-state index contributed by atoms with van der Waals surface area (Å²) in [5, 5.41) is 7.89. The number of carbonyl (C=O) groups excluding carboxylic acids is 1. The first-order chi connectivity index (χ1) is 12.0. The zero-order valence-electron chi connectivity index (χ0n) is 14.5. The summed E-state index contributed by atoms with van der Waals surface area (Å²) >= 11 is 0. The molecule has 1 amide bonds. The lowest BCUT2D eigenvalue weighted by atomic mass is 10.1. The van der Waals surface area contributed by atoms with E-state index >= 15 is 0 Å². The predicted molar refractivity (Wildman–Crippen MR) is 96.8 cm³/mol. The van der Waals surface area contributed by atoms with E-state index in [-0.39, 0.29) is 23.7 Å². The van der Waals surface area contributed by atoms with Crippen molar-refractivity contribution in [3.63, 3.8) is 0 Å². The molecule has 0 radical (unpaired) electrons. The van der Waals surface area contributed by atoms with Crippen molar-refractivity contribution in [1.29, 1.82) is 0 Å². The molecule has 0 atom stereocenters. The molecule has 25 heavy (non-hydrogen) atoms. The highest BCUT2D eigenvalue weighted by molar-refractivity contribution is 6.04. The zero-order valence-corrected chi connectivity index (χ0v) is 14.5. The van der Waals surface area contributed by atoms with Gasteiger partial charge in [-0.25, -0.2) is 4.68 Å². The molecule has 0 saturated heterocycles. The van der Waals surface area contributed by atoms with Crippen molar-refractivity contribution < 1.29 is 4.79 Å². The van der Waals surface area contributed by atoms with E-state index < -0.39 is 0 Å². The molecule has 3 rings (SSSR count). The minimum Gasteiger partial charge on any atom is -0.354 e. The molecule has 6 nitrogen and oxygen atoms in total. The molecule has 128 valence electrons. The van der Waals surface area contributed by atoms with E-state index in [4.69, 9.17) is 0 Å². The van der Waals surface area contributed by atoms with Gasteiger partial charge in [-0.15, -0.1) is 0 Å². The van der Waals surface area contributed by atoms with Crippen LogP contribution in [0, 0.1) is 0 Å². The average Bonchev–Trinajstić information content (AvgIpc) is 2.63. The molecular formula is C19H20N4O2. The van der Waals surface area contributed by atoms with Gasteiger partial charge in [0.2, 0.25) is 0 Å². The van der Waals surface area contributed by atoms with Gasteiger partial charge in [-0.1, -0.05) is 38.1 Å². The van der Waals surface area contributed by atoms with Crippen molar-refractivity contribution in [3.8, 4) is 0 Å². The summed E-state index contributed by atoms with van der Waals surface area (Å²) in [4.78, 5) is 29.5. The molecule has 2 aromatic heterocycles. The Bertz CT molecular complexity index is 992. The number of hydrogen-bond donors (Lipinski definition) is 1. The molecule has 0 unspecified atom stereocenters. The van der Waals surface area contributed by atoms with Crippen molar-refractivity contribution in [3.05, 3.63) is 69.9 Å². The van der Waals surface area contributed by atoms with Crippen LogP contribution in [0.25, 0.3) is 10.8 Å². The number of hydrogen-bond acceptors (Lipinski definition) is 4. The minimum atomic E-state index is -0.325. The van der Waals surface area contributed by atoms with Crippen LogP contribution in [-0.2, 0) is 6.54 Å². The standard InChI is InChI=1S/C19H20N4O2/c1-12(2)16-10-6-7-13(21-16)11-23-19(25)15-9-5-4-8-14(15)17(22-23)18(24)20-3/h4-10,12H,11H2,1-3H3,(H,20,24). The van der Waals surface area contributed by atoms with E-state index in [1.165, 1.54) is 4.68 Å². The molecule has 1 aromatic carbocycles. The third kappa shape index (κ3) is 3.28. The van der Waals surface area contributed by atoms with E-state index in [1.54, 1.807) is 31.3 Å². The number of nitrogens with one attached hydrogen (secondary N) is 1. The summed E-state index contributed by atoms with van der Waals surface area (Å²) in [7, 11) is 1.54. The SMILES string of the molecule is CNC(=O)c1nn(Cc2cccc(C(C)C)n2)c(=O)c2ccccc12. The highest BCUT2D eigenvalue weighted by atomic mass is 16.2. The van der Waals surface area contributed by atoms with Gasteiger partial charge in [0.1, 0.15) is 0 Å². The molecule has 0 aliphatic heterocycles. The van der Waals surface area contributed by atoms with Crippen LogP contribution in [0.15, 0.2) is 47.3 Å². The summed E-state index contributed by atoms with van der Waals surface area (Å²) in [5.74, 6) is -0.0310. The molecule has 1 N–H and O–H groups in total. The second-order valence-electron chi connectivity index (χ2n) is 6.14. The fraction of sp³-hybridized carbons (Fsp3) is 0.263. The molecule has 2 heterocycles. The Balaban J connectivity index is 2.13. The maximum atomic E-state index is 12.8. The molecular weight excluding hydrogens is 316 g/mol. The summed E-state index contributed by atoms with van der Waals surface area (Å²) in [6, 6.07) is 12.7. The summed E-state index contributed by atoms with van der Waals surface area (Å²) in [6.45, 7) is 4.35. The number of fused-ring (bicyclic) bond motifs is 1. The number of nitrogens with zero attached hydrogens (tertiary/aromatic N) is 3. The van der Waals surface area contributed by atoms with Crippen LogP contribution in [-0.4, -0.2) is 27.7 Å². The van der Waals surface area contributed by atoms with Gasteiger partial charge < -0.3 is 5.32 Å². The largest absolute Gasteiger partial charge is 0.354 e. The first-order valence-electron chi connectivity index (χ1n) is 8.19. The molecule has 6 heteroatoms. The highest BCUT2D eigenvalue weighted by Gasteiger charge is 2.16. The van der Waals surface area contributed by atoms with Gasteiger partial charge in [0, 0.05) is 18.1 Å². The van der Waals surface area contributed by atoms with E-state index in [9.17, 15) is 9.59 Å². The Morgan fingerprint density at radius 3 is 2.52 bits per heavy atom. The third-order valence-electron chi connectivity index (χ3n) is 4.04. The maximum absolute atomic E-state index is 12.8. The van der Waals surface area contributed by atoms with E-state index in [0.29, 0.717) is 16.7 Å². The average molecular weight is 336 g/mol. The molecule has 0 spiro atoms. The minimum absolute atomic E-state index is 0.216. The summed E-state index contributed by atoms with van der Waals surface area (Å²) in [5.41, 5.74) is 1.69. The van der Waals surface area contributed by atoms with Gasteiger partial charge in [0.25, 0.3) is 11.5 Å². The Hall–Kier alpha value is -3.02. The monoisotopic (exact) mass is 336 g/mol. The molecule has 3 aromatic rings. The van der Waals surface area contributed by atoms with Crippen molar-refractivity contribution >= 4 is 16.7 Å². The summed E-state index contributed by atoms with van der Waals surface area (Å²) in [6.07, 6.45) is 0. The van der Waals surface area contributed by atoms with Crippen LogP contribution in [0.1, 0.15) is 41.6 Å². The summed E-state index contributed by atoms with van der Waals surface area (Å²) < 4.78 is 1.30. The van der Waals surface area contributed by atoms with E-state index in [2.05, 4.69) is 29.2 Å². The Morgan fingerprint density at radius 1 is 1.12 bits per heavy atom. The van der Waals surface area contributed by atoms with Crippen molar-refractivity contribution in [1.82, 2.24) is 20.1 Å². The molecule has 0 aliphatic rings. The van der Waals surface area contributed by atoms with Gasteiger partial charge >= 0.3 is 0 Å². The second kappa shape index (κ2) is 6.84. The van der Waals surface area contributed by atoms with Crippen LogP contribution in [0.5, 0.6) is 0 Å². The number of carbonyl (C=O) groups is 1. The van der Waals surface area contributed by atoms with Crippen molar-refractivity contribution in [2.45, 2.75) is 26.3 Å². The quantitative estimate of drug-likeness (QED) is 0.793. The van der Waals surface area contributed by atoms with Crippen LogP contribution in [0.4, 0.5) is 0 Å². The van der Waals surface area contributed by atoms with E-state index in [0.717, 1.165) is 11.4 Å². The number of pyridine rings is 1. The second-order valence-corrected chi connectivity index (χ2v) is 6.14. The van der Waals surface area contributed by atoms with Crippen LogP contribution in [0.3, 0.4) is 0 Å².